The minimum Gasteiger partial charge on any atom is -0.318 e. The molecule has 0 saturated heterocycles. The zero-order chi connectivity index (χ0) is 8.70. The van der Waals surface area contributed by atoms with Crippen molar-refractivity contribution in [1.82, 2.24) is 0 Å². The summed E-state index contributed by atoms with van der Waals surface area (Å²) in [5.74, 6) is 0.214. The van der Waals surface area contributed by atoms with Gasteiger partial charge < -0.3 is 5.73 Å². The van der Waals surface area contributed by atoms with E-state index in [1.807, 2.05) is 0 Å². The molecule has 0 aromatic heterocycles. The van der Waals surface area contributed by atoms with Crippen LogP contribution in [-0.4, -0.2) is 11.7 Å². The quantitative estimate of drug-likeness (QED) is 0.669. The van der Waals surface area contributed by atoms with Crippen molar-refractivity contribution in [2.45, 2.75) is 37.9 Å². The number of rotatable bonds is 2. The first-order valence-electron chi connectivity index (χ1n) is 3.68. The van der Waals surface area contributed by atoms with Gasteiger partial charge in [-0.25, -0.2) is 0 Å². The molecular formula is C7H12F3N. The SMILES string of the molecule is CC(N)(CC1CC1)C(F)(F)F. The molecule has 1 nitrogen and oxygen atoms in total. The maximum atomic E-state index is 12.1. The Balaban J connectivity index is 2.49. The molecule has 0 heterocycles. The first-order valence-corrected chi connectivity index (χ1v) is 3.68. The van der Waals surface area contributed by atoms with Crippen molar-refractivity contribution in [1.29, 1.82) is 0 Å². The van der Waals surface area contributed by atoms with E-state index in [0.29, 0.717) is 0 Å². The van der Waals surface area contributed by atoms with Crippen LogP contribution in [0, 0.1) is 5.92 Å². The highest BCUT2D eigenvalue weighted by molar-refractivity contribution is 4.92. The number of alkyl halides is 3. The van der Waals surface area contributed by atoms with Crippen molar-refractivity contribution < 1.29 is 13.2 Å². The second-order valence-corrected chi connectivity index (χ2v) is 3.56. The number of hydrogen-bond acceptors (Lipinski definition) is 1. The van der Waals surface area contributed by atoms with Crippen LogP contribution >= 0.6 is 0 Å². The lowest BCUT2D eigenvalue weighted by molar-refractivity contribution is -0.183. The van der Waals surface area contributed by atoms with E-state index in [1.165, 1.54) is 0 Å². The molecule has 1 saturated carbocycles. The van der Waals surface area contributed by atoms with E-state index >= 15 is 0 Å². The molecule has 0 aromatic carbocycles. The fourth-order valence-electron chi connectivity index (χ4n) is 1.04. The summed E-state index contributed by atoms with van der Waals surface area (Å²) in [4.78, 5) is 0. The number of nitrogens with two attached hydrogens (primary N) is 1. The van der Waals surface area contributed by atoms with Crippen LogP contribution in [0.5, 0.6) is 0 Å². The van der Waals surface area contributed by atoms with E-state index in [1.54, 1.807) is 0 Å². The van der Waals surface area contributed by atoms with E-state index in [-0.39, 0.29) is 12.3 Å². The van der Waals surface area contributed by atoms with Gasteiger partial charge in [0.15, 0.2) is 0 Å². The summed E-state index contributed by atoms with van der Waals surface area (Å²) < 4.78 is 36.3. The lowest BCUT2D eigenvalue weighted by atomic mass is 9.96. The molecule has 1 atom stereocenters. The molecule has 4 heteroatoms. The molecule has 1 rings (SSSR count). The highest BCUT2D eigenvalue weighted by Gasteiger charge is 2.50. The zero-order valence-corrected chi connectivity index (χ0v) is 6.41. The fourth-order valence-corrected chi connectivity index (χ4v) is 1.04. The Morgan fingerprint density at radius 1 is 1.36 bits per heavy atom. The average Bonchev–Trinajstić information content (AvgIpc) is 2.45. The van der Waals surface area contributed by atoms with Crippen molar-refractivity contribution in [2.24, 2.45) is 11.7 Å². The van der Waals surface area contributed by atoms with E-state index < -0.39 is 11.7 Å². The predicted octanol–water partition coefficient (Wildman–Crippen LogP) is 2.07. The Bertz CT molecular complexity index is 146. The van der Waals surface area contributed by atoms with Gasteiger partial charge in [0, 0.05) is 0 Å². The normalized spacial score (nSPS) is 24.8. The Morgan fingerprint density at radius 2 is 1.82 bits per heavy atom. The lowest BCUT2D eigenvalue weighted by Gasteiger charge is -2.27. The molecule has 1 aliphatic carbocycles. The van der Waals surface area contributed by atoms with Gasteiger partial charge in [0.05, 0.1) is 0 Å². The summed E-state index contributed by atoms with van der Waals surface area (Å²) in [6.45, 7) is 1.06. The smallest absolute Gasteiger partial charge is 0.318 e. The summed E-state index contributed by atoms with van der Waals surface area (Å²) in [6, 6.07) is 0. The second-order valence-electron chi connectivity index (χ2n) is 3.56. The number of halogens is 3. The molecule has 1 fully saturated rings. The summed E-state index contributed by atoms with van der Waals surface area (Å²) in [5.41, 5.74) is 3.13. The molecule has 0 aliphatic heterocycles. The molecule has 0 radical (unpaired) electrons. The molecule has 0 bridgehead atoms. The summed E-state index contributed by atoms with van der Waals surface area (Å²) >= 11 is 0. The van der Waals surface area contributed by atoms with Crippen molar-refractivity contribution in [3.05, 3.63) is 0 Å². The fraction of sp³-hybridized carbons (Fsp3) is 1.00. The zero-order valence-electron chi connectivity index (χ0n) is 6.41. The van der Waals surface area contributed by atoms with Crippen LogP contribution in [0.1, 0.15) is 26.2 Å². The third kappa shape index (κ3) is 2.09. The maximum absolute atomic E-state index is 12.1. The predicted molar refractivity (Wildman–Crippen MR) is 36.0 cm³/mol. The summed E-state index contributed by atoms with van der Waals surface area (Å²) in [5, 5.41) is 0. The standard InChI is InChI=1S/C7H12F3N/c1-6(11,7(8,9)10)4-5-2-3-5/h5H,2-4,11H2,1H3. The van der Waals surface area contributed by atoms with Crippen LogP contribution in [0.15, 0.2) is 0 Å². The Kier molecular flexibility index (Phi) is 1.90. The highest BCUT2D eigenvalue weighted by atomic mass is 19.4. The van der Waals surface area contributed by atoms with E-state index in [2.05, 4.69) is 0 Å². The Labute approximate surface area is 63.8 Å². The van der Waals surface area contributed by atoms with E-state index in [9.17, 15) is 13.2 Å². The lowest BCUT2D eigenvalue weighted by Crippen LogP contribution is -2.50. The number of hydrogen-bond donors (Lipinski definition) is 1. The van der Waals surface area contributed by atoms with Crippen molar-refractivity contribution >= 4 is 0 Å². The first kappa shape index (κ1) is 8.84. The molecule has 0 amide bonds. The minimum atomic E-state index is -4.25. The molecular weight excluding hydrogens is 155 g/mol. The van der Waals surface area contributed by atoms with Gasteiger partial charge in [-0.1, -0.05) is 12.8 Å². The molecule has 11 heavy (non-hydrogen) atoms. The third-order valence-corrected chi connectivity index (χ3v) is 2.06. The van der Waals surface area contributed by atoms with Crippen LogP contribution < -0.4 is 5.73 Å². The van der Waals surface area contributed by atoms with Gasteiger partial charge in [-0.05, 0) is 19.3 Å². The Morgan fingerprint density at radius 3 is 2.09 bits per heavy atom. The highest BCUT2D eigenvalue weighted by Crippen LogP contribution is 2.41. The van der Waals surface area contributed by atoms with E-state index in [0.717, 1.165) is 19.8 Å². The van der Waals surface area contributed by atoms with Crippen molar-refractivity contribution in [3.8, 4) is 0 Å². The maximum Gasteiger partial charge on any atom is 0.406 e. The molecule has 66 valence electrons. The van der Waals surface area contributed by atoms with Crippen molar-refractivity contribution in [2.75, 3.05) is 0 Å². The van der Waals surface area contributed by atoms with Gasteiger partial charge in [0.1, 0.15) is 5.54 Å². The topological polar surface area (TPSA) is 26.0 Å². The van der Waals surface area contributed by atoms with Gasteiger partial charge in [-0.15, -0.1) is 0 Å². The van der Waals surface area contributed by atoms with Gasteiger partial charge in [0.2, 0.25) is 0 Å². The van der Waals surface area contributed by atoms with Gasteiger partial charge in [-0.3, -0.25) is 0 Å². The largest absolute Gasteiger partial charge is 0.406 e. The van der Waals surface area contributed by atoms with Crippen LogP contribution in [0.4, 0.5) is 13.2 Å². The van der Waals surface area contributed by atoms with Crippen LogP contribution in [0.2, 0.25) is 0 Å². The minimum absolute atomic E-state index is 0.0799. The molecule has 0 spiro atoms. The monoisotopic (exact) mass is 167 g/mol. The molecule has 1 aliphatic rings. The average molecular weight is 167 g/mol. The van der Waals surface area contributed by atoms with Gasteiger partial charge >= 0.3 is 6.18 Å². The molecule has 1 unspecified atom stereocenters. The van der Waals surface area contributed by atoms with Crippen LogP contribution in [0.25, 0.3) is 0 Å². The van der Waals surface area contributed by atoms with Gasteiger partial charge in [-0.2, -0.15) is 13.2 Å². The summed E-state index contributed by atoms with van der Waals surface area (Å²) in [6.07, 6.45) is -2.36. The third-order valence-electron chi connectivity index (χ3n) is 2.06. The van der Waals surface area contributed by atoms with E-state index in [4.69, 9.17) is 5.73 Å². The van der Waals surface area contributed by atoms with Crippen LogP contribution in [0.3, 0.4) is 0 Å². The summed E-state index contributed by atoms with van der Waals surface area (Å²) in [7, 11) is 0. The second kappa shape index (κ2) is 2.37. The Hall–Kier alpha value is -0.250. The molecule has 2 N–H and O–H groups in total. The van der Waals surface area contributed by atoms with Crippen LogP contribution in [-0.2, 0) is 0 Å². The van der Waals surface area contributed by atoms with Gasteiger partial charge in [0.25, 0.3) is 0 Å². The van der Waals surface area contributed by atoms with Crippen molar-refractivity contribution in [3.63, 3.8) is 0 Å². The molecule has 0 aromatic rings. The first-order chi connectivity index (χ1) is 4.83.